The van der Waals surface area contributed by atoms with Gasteiger partial charge in [0.15, 0.2) is 0 Å². The molecule has 7 N–H and O–H groups in total. The van der Waals surface area contributed by atoms with E-state index in [0.29, 0.717) is 0 Å². The summed E-state index contributed by atoms with van der Waals surface area (Å²) in [5.41, 5.74) is -1.26. The van der Waals surface area contributed by atoms with Crippen LogP contribution >= 0.6 is 11.8 Å². The van der Waals surface area contributed by atoms with E-state index in [-0.39, 0.29) is 11.4 Å². The number of ether oxygens (including phenoxy) is 3. The lowest BCUT2D eigenvalue weighted by Crippen LogP contribution is -2.61. The zero-order valence-electron chi connectivity index (χ0n) is 16.5. The fourth-order valence-corrected chi connectivity index (χ4v) is 4.56. The van der Waals surface area contributed by atoms with Crippen molar-refractivity contribution >= 4 is 17.4 Å². The zero-order chi connectivity index (χ0) is 23.6. The minimum absolute atomic E-state index is 0.101. The SMILES string of the molecule is O=[N+]([O-])c1ccc(O[C@H]2O[C@H](CO[C@@H]3S[C@H](CO)[C@@H](O)[C@H](O)[C@H]3O)[C@@H](O)[C@H](O)[C@H]2O)cc1. The molecule has 2 saturated heterocycles. The number of nitrogens with zero attached hydrogens (tertiary/aromatic N) is 1. The maximum absolute atomic E-state index is 10.7. The molecule has 2 heterocycles. The van der Waals surface area contributed by atoms with Crippen molar-refractivity contribution in [2.24, 2.45) is 0 Å². The van der Waals surface area contributed by atoms with Gasteiger partial charge in [0.05, 0.1) is 29.5 Å². The second-order valence-electron chi connectivity index (χ2n) is 7.41. The average molecular weight is 479 g/mol. The van der Waals surface area contributed by atoms with Gasteiger partial charge in [-0.3, -0.25) is 10.1 Å². The molecule has 10 atom stereocenters. The zero-order valence-corrected chi connectivity index (χ0v) is 17.3. The molecule has 3 rings (SSSR count). The summed E-state index contributed by atoms with van der Waals surface area (Å²) in [5, 5.41) is 79.7. The molecule has 2 fully saturated rings. The number of thioether (sulfide) groups is 1. The Hall–Kier alpha value is -1.59. The van der Waals surface area contributed by atoms with Crippen molar-refractivity contribution in [3.05, 3.63) is 34.4 Å². The van der Waals surface area contributed by atoms with E-state index in [2.05, 4.69) is 0 Å². The molecule has 1 aromatic rings. The minimum Gasteiger partial charge on any atom is -0.462 e. The summed E-state index contributed by atoms with van der Waals surface area (Å²) in [5.74, 6) is 0.101. The number of non-ortho nitro benzene ring substituents is 1. The number of benzene rings is 1. The Morgan fingerprint density at radius 3 is 2.16 bits per heavy atom. The number of aliphatic hydroxyl groups is 7. The van der Waals surface area contributed by atoms with Gasteiger partial charge in [0.25, 0.3) is 5.69 Å². The standard InChI is InChI=1S/C18H25NO12S/c20-5-10-12(22)14(24)16(26)18(32-10)29-6-9-11(21)13(23)15(25)17(31-9)30-8-3-1-7(2-4-8)19(27)28/h1-4,9-18,20-26H,5-6H2/t9-,10-,11-,12-,13+,14+,15-,16-,17+,18-/m1/s1. The lowest BCUT2D eigenvalue weighted by molar-refractivity contribution is -0.384. The average Bonchev–Trinajstić information content (AvgIpc) is 2.78. The summed E-state index contributed by atoms with van der Waals surface area (Å²) in [7, 11) is 0. The van der Waals surface area contributed by atoms with Gasteiger partial charge in [-0.05, 0) is 12.1 Å². The molecule has 1 aromatic carbocycles. The van der Waals surface area contributed by atoms with Crippen LogP contribution in [0.15, 0.2) is 24.3 Å². The van der Waals surface area contributed by atoms with E-state index in [0.717, 1.165) is 11.8 Å². The Morgan fingerprint density at radius 1 is 0.938 bits per heavy atom. The number of hydrogen-bond donors (Lipinski definition) is 7. The van der Waals surface area contributed by atoms with Crippen LogP contribution in [0.3, 0.4) is 0 Å². The van der Waals surface area contributed by atoms with Gasteiger partial charge in [-0.25, -0.2) is 0 Å². The normalized spacial score (nSPS) is 40.1. The van der Waals surface area contributed by atoms with E-state index in [1.807, 2.05) is 0 Å². The van der Waals surface area contributed by atoms with Gasteiger partial charge in [-0.15, -0.1) is 11.8 Å². The molecule has 180 valence electrons. The van der Waals surface area contributed by atoms with Crippen LogP contribution in [-0.2, 0) is 9.47 Å². The van der Waals surface area contributed by atoms with Gasteiger partial charge < -0.3 is 50.0 Å². The Bertz CT molecular complexity index is 767. The molecule has 0 spiro atoms. The predicted octanol–water partition coefficient (Wildman–Crippen LogP) is -2.69. The summed E-state index contributed by atoms with van der Waals surface area (Å²) in [6.07, 6.45) is -12.0. The Kier molecular flexibility index (Phi) is 8.26. The number of aliphatic hydroxyl groups excluding tert-OH is 7. The molecule has 0 unspecified atom stereocenters. The van der Waals surface area contributed by atoms with Crippen LogP contribution < -0.4 is 4.74 Å². The highest BCUT2D eigenvalue weighted by Gasteiger charge is 2.47. The first-order valence-corrected chi connectivity index (χ1v) is 10.6. The molecule has 32 heavy (non-hydrogen) atoms. The molecule has 13 nitrogen and oxygen atoms in total. The van der Waals surface area contributed by atoms with Crippen molar-refractivity contribution < 1.29 is 54.9 Å². The molecule has 0 aromatic heterocycles. The molecule has 2 aliphatic rings. The van der Waals surface area contributed by atoms with Gasteiger partial charge in [0.2, 0.25) is 6.29 Å². The largest absolute Gasteiger partial charge is 0.462 e. The fraction of sp³-hybridized carbons (Fsp3) is 0.667. The first-order chi connectivity index (χ1) is 15.1. The predicted molar refractivity (Wildman–Crippen MR) is 107 cm³/mol. The van der Waals surface area contributed by atoms with E-state index < -0.39 is 77.8 Å². The number of rotatable bonds is 7. The van der Waals surface area contributed by atoms with Gasteiger partial charge >= 0.3 is 0 Å². The smallest absolute Gasteiger partial charge is 0.269 e. The third-order valence-electron chi connectivity index (χ3n) is 5.24. The van der Waals surface area contributed by atoms with E-state index in [9.17, 15) is 45.9 Å². The Labute approximate surface area is 185 Å². The lowest BCUT2D eigenvalue weighted by atomic mass is 9.99. The van der Waals surface area contributed by atoms with Crippen molar-refractivity contribution in [2.75, 3.05) is 13.2 Å². The highest BCUT2D eigenvalue weighted by Crippen LogP contribution is 2.34. The molecule has 14 heteroatoms. The molecule has 0 saturated carbocycles. The van der Waals surface area contributed by atoms with Crippen LogP contribution in [0.2, 0.25) is 0 Å². The van der Waals surface area contributed by atoms with E-state index >= 15 is 0 Å². The number of hydrogen-bond acceptors (Lipinski definition) is 13. The van der Waals surface area contributed by atoms with Crippen LogP contribution in [0.4, 0.5) is 5.69 Å². The highest BCUT2D eigenvalue weighted by atomic mass is 32.2. The van der Waals surface area contributed by atoms with Crippen molar-refractivity contribution in [3.63, 3.8) is 0 Å². The van der Waals surface area contributed by atoms with Crippen LogP contribution in [-0.4, -0.2) is 114 Å². The molecule has 0 bridgehead atoms. The first-order valence-electron chi connectivity index (χ1n) is 9.67. The molecular formula is C18H25NO12S. The second-order valence-corrected chi connectivity index (χ2v) is 8.76. The van der Waals surface area contributed by atoms with Crippen LogP contribution in [0, 0.1) is 10.1 Å². The first kappa shape index (κ1) is 25.0. The van der Waals surface area contributed by atoms with E-state index in [4.69, 9.17) is 14.2 Å². The van der Waals surface area contributed by atoms with E-state index in [1.54, 1.807) is 0 Å². The summed E-state index contributed by atoms with van der Waals surface area (Å²) >= 11 is 0.882. The van der Waals surface area contributed by atoms with Crippen LogP contribution in [0.25, 0.3) is 0 Å². The lowest BCUT2D eigenvalue weighted by Gasteiger charge is -2.42. The summed E-state index contributed by atoms with van der Waals surface area (Å²) in [4.78, 5) is 10.1. The Balaban J connectivity index is 1.64. The van der Waals surface area contributed by atoms with Crippen molar-refractivity contribution in [2.45, 2.75) is 59.7 Å². The quantitative estimate of drug-likeness (QED) is 0.157. The summed E-state index contributed by atoms with van der Waals surface area (Å²) in [6, 6.07) is 4.90. The maximum Gasteiger partial charge on any atom is 0.269 e. The summed E-state index contributed by atoms with van der Waals surface area (Å²) < 4.78 is 16.4. The third-order valence-corrected chi connectivity index (χ3v) is 6.70. The molecule has 2 aliphatic heterocycles. The van der Waals surface area contributed by atoms with Crippen LogP contribution in [0.1, 0.15) is 0 Å². The van der Waals surface area contributed by atoms with Crippen LogP contribution in [0.5, 0.6) is 5.75 Å². The Morgan fingerprint density at radius 2 is 1.56 bits per heavy atom. The van der Waals surface area contributed by atoms with Gasteiger partial charge in [0, 0.05) is 12.1 Å². The van der Waals surface area contributed by atoms with Crippen molar-refractivity contribution in [1.29, 1.82) is 0 Å². The maximum atomic E-state index is 10.7. The minimum atomic E-state index is -1.68. The number of nitro groups is 1. The second kappa shape index (κ2) is 10.6. The molecular weight excluding hydrogens is 454 g/mol. The van der Waals surface area contributed by atoms with E-state index in [1.165, 1.54) is 24.3 Å². The molecule has 0 aliphatic carbocycles. The van der Waals surface area contributed by atoms with Gasteiger partial charge in [-0.2, -0.15) is 0 Å². The monoisotopic (exact) mass is 479 g/mol. The van der Waals surface area contributed by atoms with Crippen molar-refractivity contribution in [3.8, 4) is 5.75 Å². The number of nitro benzene ring substituents is 1. The highest BCUT2D eigenvalue weighted by molar-refractivity contribution is 8.00. The fourth-order valence-electron chi connectivity index (χ4n) is 3.33. The van der Waals surface area contributed by atoms with Gasteiger partial charge in [0.1, 0.15) is 47.8 Å². The third kappa shape index (κ3) is 5.31. The van der Waals surface area contributed by atoms with Crippen molar-refractivity contribution in [1.82, 2.24) is 0 Å². The van der Waals surface area contributed by atoms with Gasteiger partial charge in [-0.1, -0.05) is 0 Å². The molecule has 0 amide bonds. The summed E-state index contributed by atoms with van der Waals surface area (Å²) in [6.45, 7) is -0.880. The topological polar surface area (TPSA) is 212 Å². The molecule has 0 radical (unpaired) electrons.